The molecule has 1 unspecified atom stereocenters. The zero-order chi connectivity index (χ0) is 13.7. The quantitative estimate of drug-likeness (QED) is 0.832. The first-order chi connectivity index (χ1) is 9.16. The van der Waals surface area contributed by atoms with Gasteiger partial charge in [-0.1, -0.05) is 57.9 Å². The minimum atomic E-state index is -0.1000. The lowest BCUT2D eigenvalue weighted by Gasteiger charge is -2.11. The van der Waals surface area contributed by atoms with E-state index in [1.807, 2.05) is 30.3 Å². The zero-order valence-electron chi connectivity index (χ0n) is 10.1. The Bertz CT molecular complexity index is 542. The van der Waals surface area contributed by atoms with Gasteiger partial charge in [0.05, 0.1) is 4.83 Å². The molecule has 2 aromatic carbocycles. The van der Waals surface area contributed by atoms with E-state index in [0.717, 1.165) is 5.56 Å². The normalized spacial score (nSPS) is 11.9. The number of nitrogens with one attached hydrogen (secondary N) is 1. The highest BCUT2D eigenvalue weighted by atomic mass is 79.9. The van der Waals surface area contributed by atoms with Crippen LogP contribution in [0.15, 0.2) is 54.6 Å². The van der Waals surface area contributed by atoms with Crippen molar-refractivity contribution in [3.05, 3.63) is 70.7 Å². The van der Waals surface area contributed by atoms with Crippen LogP contribution in [-0.2, 0) is 0 Å². The largest absolute Gasteiger partial charge is 0.351 e. The molecule has 2 rings (SSSR count). The van der Waals surface area contributed by atoms with Crippen LogP contribution in [0.2, 0.25) is 5.02 Å². The van der Waals surface area contributed by atoms with Gasteiger partial charge < -0.3 is 5.32 Å². The van der Waals surface area contributed by atoms with E-state index >= 15 is 0 Å². The fourth-order valence-electron chi connectivity index (χ4n) is 1.67. The third-order valence-electron chi connectivity index (χ3n) is 2.71. The molecular weight excluding hydrogens is 326 g/mol. The summed E-state index contributed by atoms with van der Waals surface area (Å²) in [6, 6.07) is 16.8. The summed E-state index contributed by atoms with van der Waals surface area (Å²) in [5.74, 6) is -0.1000. The number of benzene rings is 2. The van der Waals surface area contributed by atoms with Gasteiger partial charge in [0.25, 0.3) is 5.91 Å². The number of carbonyl (C=O) groups is 1. The average Bonchev–Trinajstić information content (AvgIpc) is 2.46. The Balaban J connectivity index is 1.92. The zero-order valence-corrected chi connectivity index (χ0v) is 12.5. The summed E-state index contributed by atoms with van der Waals surface area (Å²) in [5, 5.41) is 3.51. The second-order valence-corrected chi connectivity index (χ2v) is 5.64. The van der Waals surface area contributed by atoms with Crippen molar-refractivity contribution in [1.82, 2.24) is 5.32 Å². The third-order valence-corrected chi connectivity index (χ3v) is 3.81. The predicted molar refractivity (Wildman–Crippen MR) is 81.9 cm³/mol. The lowest BCUT2D eigenvalue weighted by atomic mass is 10.1. The van der Waals surface area contributed by atoms with Crippen LogP contribution in [0.3, 0.4) is 0 Å². The summed E-state index contributed by atoms with van der Waals surface area (Å²) in [5.41, 5.74) is 1.75. The van der Waals surface area contributed by atoms with Gasteiger partial charge in [-0.3, -0.25) is 4.79 Å². The van der Waals surface area contributed by atoms with Crippen molar-refractivity contribution in [2.24, 2.45) is 0 Å². The Hall–Kier alpha value is -1.32. The molecule has 98 valence electrons. The van der Waals surface area contributed by atoms with Gasteiger partial charge in [-0.25, -0.2) is 0 Å². The number of amides is 1. The lowest BCUT2D eigenvalue weighted by Crippen LogP contribution is -2.26. The van der Waals surface area contributed by atoms with Crippen LogP contribution in [0.1, 0.15) is 20.7 Å². The molecule has 0 saturated carbocycles. The Morgan fingerprint density at radius 2 is 1.74 bits per heavy atom. The molecule has 19 heavy (non-hydrogen) atoms. The van der Waals surface area contributed by atoms with Gasteiger partial charge in [-0.05, 0) is 29.8 Å². The molecule has 0 aliphatic heterocycles. The minimum Gasteiger partial charge on any atom is -0.351 e. The molecule has 0 aliphatic rings. The predicted octanol–water partition coefficient (Wildman–Crippen LogP) is 4.21. The van der Waals surface area contributed by atoms with Gasteiger partial charge >= 0.3 is 0 Å². The van der Waals surface area contributed by atoms with Gasteiger partial charge in [0, 0.05) is 17.1 Å². The van der Waals surface area contributed by atoms with Crippen molar-refractivity contribution in [2.75, 3.05) is 6.54 Å². The molecule has 0 fully saturated rings. The molecule has 0 aromatic heterocycles. The Morgan fingerprint density at radius 3 is 2.37 bits per heavy atom. The van der Waals surface area contributed by atoms with Gasteiger partial charge in [0.15, 0.2) is 0 Å². The van der Waals surface area contributed by atoms with Crippen LogP contribution in [-0.4, -0.2) is 12.5 Å². The van der Waals surface area contributed by atoms with E-state index in [1.165, 1.54) is 0 Å². The maximum Gasteiger partial charge on any atom is 0.251 e. The molecule has 0 aliphatic carbocycles. The molecule has 2 nitrogen and oxygen atoms in total. The summed E-state index contributed by atoms with van der Waals surface area (Å²) in [7, 11) is 0. The Kier molecular flexibility index (Phi) is 5.00. The van der Waals surface area contributed by atoms with E-state index in [4.69, 9.17) is 11.6 Å². The highest BCUT2D eigenvalue weighted by Gasteiger charge is 2.10. The molecule has 4 heteroatoms. The molecule has 1 N–H and O–H groups in total. The van der Waals surface area contributed by atoms with E-state index in [-0.39, 0.29) is 10.7 Å². The summed E-state index contributed by atoms with van der Waals surface area (Å²) in [6.45, 7) is 0.533. The molecule has 1 amide bonds. The third kappa shape index (κ3) is 4.08. The Labute approximate surface area is 125 Å². The van der Waals surface area contributed by atoms with Crippen LogP contribution in [0, 0.1) is 0 Å². The highest BCUT2D eigenvalue weighted by Crippen LogP contribution is 2.21. The smallest absolute Gasteiger partial charge is 0.251 e. The number of hydrogen-bond donors (Lipinski definition) is 1. The van der Waals surface area contributed by atoms with Crippen LogP contribution >= 0.6 is 27.5 Å². The topological polar surface area (TPSA) is 29.1 Å². The summed E-state index contributed by atoms with van der Waals surface area (Å²) in [4.78, 5) is 12.0. The monoisotopic (exact) mass is 337 g/mol. The van der Waals surface area contributed by atoms with E-state index < -0.39 is 0 Å². The average molecular weight is 339 g/mol. The van der Waals surface area contributed by atoms with E-state index in [9.17, 15) is 4.79 Å². The summed E-state index contributed by atoms with van der Waals surface area (Å²) >= 11 is 9.35. The SMILES string of the molecule is O=C(NCC(Br)c1ccccc1)c1ccc(Cl)cc1. The van der Waals surface area contributed by atoms with Gasteiger partial charge in [0.2, 0.25) is 0 Å². The molecule has 0 saturated heterocycles. The summed E-state index contributed by atoms with van der Waals surface area (Å²) < 4.78 is 0. The highest BCUT2D eigenvalue weighted by molar-refractivity contribution is 9.09. The molecule has 0 spiro atoms. The van der Waals surface area contributed by atoms with Crippen molar-refractivity contribution in [3.63, 3.8) is 0 Å². The minimum absolute atomic E-state index is 0.1000. The fraction of sp³-hybridized carbons (Fsp3) is 0.133. The standard InChI is InChI=1S/C15H13BrClNO/c16-14(11-4-2-1-3-5-11)10-18-15(19)12-6-8-13(17)9-7-12/h1-9,14H,10H2,(H,18,19). The van der Waals surface area contributed by atoms with Crippen molar-refractivity contribution < 1.29 is 4.79 Å². The maximum atomic E-state index is 11.9. The maximum absolute atomic E-state index is 11.9. The lowest BCUT2D eigenvalue weighted by molar-refractivity contribution is 0.0954. The molecule has 0 heterocycles. The van der Waals surface area contributed by atoms with E-state index in [2.05, 4.69) is 21.2 Å². The van der Waals surface area contributed by atoms with Crippen molar-refractivity contribution in [1.29, 1.82) is 0 Å². The van der Waals surface area contributed by atoms with Gasteiger partial charge in [0.1, 0.15) is 0 Å². The molecule has 1 atom stereocenters. The number of halogens is 2. The number of carbonyl (C=O) groups excluding carboxylic acids is 1. The van der Waals surface area contributed by atoms with Gasteiger partial charge in [-0.15, -0.1) is 0 Å². The number of alkyl halides is 1. The van der Waals surface area contributed by atoms with Crippen molar-refractivity contribution in [3.8, 4) is 0 Å². The molecule has 0 bridgehead atoms. The fourth-order valence-corrected chi connectivity index (χ4v) is 2.26. The van der Waals surface area contributed by atoms with E-state index in [1.54, 1.807) is 24.3 Å². The number of rotatable bonds is 4. The van der Waals surface area contributed by atoms with Crippen molar-refractivity contribution in [2.45, 2.75) is 4.83 Å². The van der Waals surface area contributed by atoms with Crippen molar-refractivity contribution >= 4 is 33.4 Å². The molecule has 0 radical (unpaired) electrons. The second kappa shape index (κ2) is 6.73. The van der Waals surface area contributed by atoms with Crippen LogP contribution in [0.5, 0.6) is 0 Å². The summed E-state index contributed by atoms with van der Waals surface area (Å²) in [6.07, 6.45) is 0. The first kappa shape index (κ1) is 14.1. The van der Waals surface area contributed by atoms with Crippen LogP contribution < -0.4 is 5.32 Å². The number of hydrogen-bond acceptors (Lipinski definition) is 1. The van der Waals surface area contributed by atoms with Crippen LogP contribution in [0.25, 0.3) is 0 Å². The first-order valence-corrected chi connectivity index (χ1v) is 7.19. The van der Waals surface area contributed by atoms with E-state index in [0.29, 0.717) is 17.1 Å². The Morgan fingerprint density at radius 1 is 1.11 bits per heavy atom. The molecule has 2 aromatic rings. The van der Waals surface area contributed by atoms with Gasteiger partial charge in [-0.2, -0.15) is 0 Å². The second-order valence-electron chi connectivity index (χ2n) is 4.10. The first-order valence-electron chi connectivity index (χ1n) is 5.89. The molecular formula is C15H13BrClNO. The van der Waals surface area contributed by atoms with Crippen LogP contribution in [0.4, 0.5) is 0 Å².